The minimum absolute atomic E-state index is 0. The van der Waals surface area contributed by atoms with Crippen LogP contribution in [0.1, 0.15) is 18.4 Å². The number of nitrogens with two attached hydrogens (primary N) is 1. The third kappa shape index (κ3) is 4.91. The molecule has 1 aromatic rings. The van der Waals surface area contributed by atoms with Crippen LogP contribution in [0, 0.1) is 0 Å². The lowest BCUT2D eigenvalue weighted by Crippen LogP contribution is -2.51. The van der Waals surface area contributed by atoms with E-state index in [1.165, 1.54) is 12.1 Å². The summed E-state index contributed by atoms with van der Waals surface area (Å²) in [7, 11) is 0. The van der Waals surface area contributed by atoms with Crippen LogP contribution in [0.25, 0.3) is 0 Å². The van der Waals surface area contributed by atoms with Gasteiger partial charge in [-0.1, -0.05) is 12.1 Å². The number of phenols is 1. The molecule has 1 aliphatic heterocycles. The van der Waals surface area contributed by atoms with Crippen LogP contribution in [0.2, 0.25) is 0 Å². The Bertz CT molecular complexity index is 487. The molecule has 2 atom stereocenters. The van der Waals surface area contributed by atoms with E-state index in [1.54, 1.807) is 12.1 Å². The van der Waals surface area contributed by atoms with Crippen molar-refractivity contribution in [3.05, 3.63) is 29.8 Å². The van der Waals surface area contributed by atoms with E-state index in [9.17, 15) is 14.7 Å². The smallest absolute Gasteiger partial charge is 0.240 e. The summed E-state index contributed by atoms with van der Waals surface area (Å²) < 4.78 is 0. The maximum Gasteiger partial charge on any atom is 0.240 e. The summed E-state index contributed by atoms with van der Waals surface area (Å²) in [6.45, 7) is 0.817. The standard InChI is InChI=1S/C14H19N3O3.ClH/c15-13(19)12(8-9-3-5-10(18)6-4-9)17-14(20)11-2-1-7-16-11;/h3-6,11-12,16,18H,1-2,7-8H2,(H2,15,19)(H,17,20);1H/t11-,12-;/m0./s1. The summed E-state index contributed by atoms with van der Waals surface area (Å²) in [5.74, 6) is -0.599. The highest BCUT2D eigenvalue weighted by atomic mass is 35.5. The fourth-order valence-corrected chi connectivity index (χ4v) is 2.27. The van der Waals surface area contributed by atoms with E-state index in [0.717, 1.165) is 24.9 Å². The van der Waals surface area contributed by atoms with Gasteiger partial charge < -0.3 is 21.5 Å². The van der Waals surface area contributed by atoms with Crippen LogP contribution < -0.4 is 16.4 Å². The van der Waals surface area contributed by atoms with Gasteiger partial charge >= 0.3 is 0 Å². The third-order valence-electron chi connectivity index (χ3n) is 3.41. The van der Waals surface area contributed by atoms with Crippen molar-refractivity contribution in [2.45, 2.75) is 31.3 Å². The van der Waals surface area contributed by atoms with Crippen LogP contribution in [0.3, 0.4) is 0 Å². The van der Waals surface area contributed by atoms with Gasteiger partial charge in [0.1, 0.15) is 11.8 Å². The fraction of sp³-hybridized carbons (Fsp3) is 0.429. The molecule has 21 heavy (non-hydrogen) atoms. The van der Waals surface area contributed by atoms with Gasteiger partial charge in [0, 0.05) is 6.42 Å². The van der Waals surface area contributed by atoms with Gasteiger partial charge in [-0.3, -0.25) is 9.59 Å². The zero-order valence-corrected chi connectivity index (χ0v) is 12.4. The maximum atomic E-state index is 12.0. The molecule has 0 unspecified atom stereocenters. The highest BCUT2D eigenvalue weighted by molar-refractivity contribution is 5.89. The Balaban J connectivity index is 0.00000220. The number of benzene rings is 1. The first-order chi connectivity index (χ1) is 9.56. The first kappa shape index (κ1) is 17.3. The monoisotopic (exact) mass is 313 g/mol. The maximum absolute atomic E-state index is 12.0. The van der Waals surface area contributed by atoms with Gasteiger partial charge in [-0.2, -0.15) is 0 Å². The molecule has 0 aliphatic carbocycles. The second-order valence-electron chi connectivity index (χ2n) is 4.98. The van der Waals surface area contributed by atoms with E-state index < -0.39 is 11.9 Å². The zero-order valence-electron chi connectivity index (χ0n) is 11.5. The average molecular weight is 314 g/mol. The lowest BCUT2D eigenvalue weighted by molar-refractivity contribution is -0.128. The van der Waals surface area contributed by atoms with Gasteiger partial charge in [-0.25, -0.2) is 0 Å². The molecule has 1 saturated heterocycles. The molecule has 1 heterocycles. The molecule has 0 aromatic heterocycles. The quantitative estimate of drug-likeness (QED) is 0.618. The lowest BCUT2D eigenvalue weighted by Gasteiger charge is -2.18. The summed E-state index contributed by atoms with van der Waals surface area (Å²) in [4.78, 5) is 23.4. The van der Waals surface area contributed by atoms with Crippen molar-refractivity contribution in [2.75, 3.05) is 6.54 Å². The van der Waals surface area contributed by atoms with Crippen LogP contribution in [0.5, 0.6) is 5.75 Å². The molecule has 1 aromatic carbocycles. The number of aromatic hydroxyl groups is 1. The Labute approximate surface area is 129 Å². The number of carbonyl (C=O) groups is 2. The van der Waals surface area contributed by atoms with Gasteiger partial charge in [0.15, 0.2) is 0 Å². The predicted molar refractivity (Wildman–Crippen MR) is 81.2 cm³/mol. The summed E-state index contributed by atoms with van der Waals surface area (Å²) in [6.07, 6.45) is 2.04. The van der Waals surface area contributed by atoms with Crippen LogP contribution in [0.4, 0.5) is 0 Å². The molecule has 7 heteroatoms. The molecule has 6 nitrogen and oxygen atoms in total. The van der Waals surface area contributed by atoms with Crippen molar-refractivity contribution in [3.63, 3.8) is 0 Å². The zero-order chi connectivity index (χ0) is 14.5. The molecular formula is C14H20ClN3O3. The van der Waals surface area contributed by atoms with E-state index in [2.05, 4.69) is 10.6 Å². The van der Waals surface area contributed by atoms with Crippen molar-refractivity contribution < 1.29 is 14.7 Å². The Morgan fingerprint density at radius 2 is 2.05 bits per heavy atom. The molecule has 0 radical (unpaired) electrons. The summed E-state index contributed by atoms with van der Waals surface area (Å²) in [5, 5.41) is 15.0. The second-order valence-corrected chi connectivity index (χ2v) is 4.98. The molecule has 116 valence electrons. The van der Waals surface area contributed by atoms with Crippen LogP contribution in [0.15, 0.2) is 24.3 Å². The van der Waals surface area contributed by atoms with Crippen LogP contribution >= 0.6 is 12.4 Å². The van der Waals surface area contributed by atoms with Crippen molar-refractivity contribution in [3.8, 4) is 5.75 Å². The van der Waals surface area contributed by atoms with Gasteiger partial charge in [0.05, 0.1) is 6.04 Å². The van der Waals surface area contributed by atoms with E-state index in [0.29, 0.717) is 6.42 Å². The van der Waals surface area contributed by atoms with Gasteiger partial charge in [0.25, 0.3) is 0 Å². The molecule has 0 bridgehead atoms. The summed E-state index contributed by atoms with van der Waals surface area (Å²) in [6, 6.07) is 5.49. The average Bonchev–Trinajstić information content (AvgIpc) is 2.94. The van der Waals surface area contributed by atoms with Crippen molar-refractivity contribution in [1.29, 1.82) is 0 Å². The van der Waals surface area contributed by atoms with Crippen molar-refractivity contribution >= 4 is 24.2 Å². The third-order valence-corrected chi connectivity index (χ3v) is 3.41. The van der Waals surface area contributed by atoms with Crippen LogP contribution in [-0.4, -0.2) is 35.5 Å². The van der Waals surface area contributed by atoms with Gasteiger partial charge in [-0.15, -0.1) is 12.4 Å². The largest absolute Gasteiger partial charge is 0.508 e. The molecule has 1 aliphatic rings. The van der Waals surface area contributed by atoms with E-state index >= 15 is 0 Å². The number of primary amides is 1. The molecule has 2 amide bonds. The number of amides is 2. The minimum atomic E-state index is -0.741. The Morgan fingerprint density at radius 1 is 1.38 bits per heavy atom. The molecule has 1 fully saturated rings. The van der Waals surface area contributed by atoms with Gasteiger partial charge in [0.2, 0.25) is 11.8 Å². The second kappa shape index (κ2) is 7.85. The minimum Gasteiger partial charge on any atom is -0.508 e. The van der Waals surface area contributed by atoms with E-state index in [4.69, 9.17) is 5.73 Å². The van der Waals surface area contributed by atoms with Gasteiger partial charge in [-0.05, 0) is 37.1 Å². The normalized spacial score (nSPS) is 18.6. The highest BCUT2D eigenvalue weighted by Crippen LogP contribution is 2.12. The molecule has 0 spiro atoms. The molecular weight excluding hydrogens is 294 g/mol. The Hall–Kier alpha value is -1.79. The van der Waals surface area contributed by atoms with Crippen molar-refractivity contribution in [1.82, 2.24) is 10.6 Å². The molecule has 5 N–H and O–H groups in total. The van der Waals surface area contributed by atoms with Crippen LogP contribution in [-0.2, 0) is 16.0 Å². The Kier molecular flexibility index (Phi) is 6.45. The number of rotatable bonds is 5. The van der Waals surface area contributed by atoms with E-state index in [-0.39, 0.29) is 30.1 Å². The fourth-order valence-electron chi connectivity index (χ4n) is 2.27. The number of carbonyl (C=O) groups excluding carboxylic acids is 2. The lowest BCUT2D eigenvalue weighted by atomic mass is 10.0. The number of hydrogen-bond donors (Lipinski definition) is 4. The summed E-state index contributed by atoms with van der Waals surface area (Å²) in [5.41, 5.74) is 6.16. The first-order valence-corrected chi connectivity index (χ1v) is 6.67. The molecule has 2 rings (SSSR count). The number of halogens is 1. The first-order valence-electron chi connectivity index (χ1n) is 6.67. The highest BCUT2D eigenvalue weighted by Gasteiger charge is 2.26. The number of nitrogens with one attached hydrogen (secondary N) is 2. The number of phenolic OH excluding ortho intramolecular Hbond substituents is 1. The molecule has 0 saturated carbocycles. The number of hydrogen-bond acceptors (Lipinski definition) is 4. The summed E-state index contributed by atoms with van der Waals surface area (Å²) >= 11 is 0. The van der Waals surface area contributed by atoms with E-state index in [1.807, 2.05) is 0 Å². The topological polar surface area (TPSA) is 104 Å². The SMILES string of the molecule is Cl.NC(=O)[C@H](Cc1ccc(O)cc1)NC(=O)[C@@H]1CCCN1. The Morgan fingerprint density at radius 3 is 2.57 bits per heavy atom. The predicted octanol–water partition coefficient (Wildman–Crippen LogP) is 0.0786. The van der Waals surface area contributed by atoms with Crippen molar-refractivity contribution in [2.24, 2.45) is 5.73 Å².